The first-order chi connectivity index (χ1) is 37.5. The lowest BCUT2D eigenvalue weighted by atomic mass is 9.75. The van der Waals surface area contributed by atoms with Gasteiger partial charge in [-0.1, -0.05) is 58.1 Å². The molecule has 0 saturated heterocycles. The largest absolute Gasteiger partial charge is 0.507 e. The van der Waals surface area contributed by atoms with Crippen LogP contribution in [0.2, 0.25) is 0 Å². The number of fused-ring (bicyclic) bond motifs is 14. The quantitative estimate of drug-likeness (QED) is 0.0280. The molecule has 1 amide bonds. The molecular weight excluding hydrogens is 1030 g/mol. The van der Waals surface area contributed by atoms with Crippen LogP contribution in [-0.4, -0.2) is 133 Å². The molecule has 5 bridgehead atoms. The Labute approximate surface area is 456 Å². The van der Waals surface area contributed by atoms with E-state index in [9.17, 15) is 48.8 Å². The molecule has 2 aromatic carbocycles. The maximum atomic E-state index is 14.6. The summed E-state index contributed by atoms with van der Waals surface area (Å²) in [5.74, 6) is -8.42. The van der Waals surface area contributed by atoms with Crippen LogP contribution in [0.3, 0.4) is 0 Å². The molecule has 0 spiro atoms. The number of H-pyrrole nitrogens is 1. The number of aliphatic hydroxyl groups is 1. The van der Waals surface area contributed by atoms with Crippen molar-refractivity contribution < 1.29 is 72.4 Å². The van der Waals surface area contributed by atoms with Crippen molar-refractivity contribution in [1.29, 1.82) is 0 Å². The molecule has 0 aliphatic carbocycles. The number of allylic oxidation sites excluding steroid dienone is 3. The zero-order chi connectivity index (χ0) is 57.9. The smallest absolute Gasteiger partial charge is 0.328 e. The highest BCUT2D eigenvalue weighted by Gasteiger charge is 2.50. The molecule has 5 heterocycles. The number of ether oxygens (including phenoxy) is 7. The standard InChI is InChI=1S/C55H74FN7O16/c1-29-13-11-14-30(2)52(70)58-44-38(25-57-17-20-74-21-22-75-23-24-76-28-63-26-37(60-61-63)15-12-18-62-27-39(56)53(71)59-54(62)72)47(67)41-42(48(44)68)46(66)35(7)50-43(41)51(69)55(9,79-50)77-19-16-40(73-10)33(5)49(78-36(8)64)34(6)45(65)32(4)31(29)3/h11,13-14,16,19,26-27,29,31-34,40,45,49,57,65-68H,12,15,17-18,20-25,28H2,1-10H3,(H,58,70)(H,59,71,72)/b13-11+,19-16+,30-14-/t29-,31-,32+,33+,34+,40-,45+,49+,55-/m0/s1. The van der Waals surface area contributed by atoms with Gasteiger partial charge >= 0.3 is 17.4 Å². The number of Topliss-reactive ketones (excluding diaryl/α,β-unsaturated/α-hetero) is 1. The van der Waals surface area contributed by atoms with Crippen LogP contribution in [-0.2, 0) is 64.3 Å². The summed E-state index contributed by atoms with van der Waals surface area (Å²) in [6.45, 7) is 16.6. The lowest BCUT2D eigenvalue weighted by Gasteiger charge is -2.38. The van der Waals surface area contributed by atoms with E-state index in [-0.39, 0.29) is 122 Å². The van der Waals surface area contributed by atoms with Crippen molar-refractivity contribution in [2.24, 2.45) is 29.6 Å². The third-order valence-electron chi connectivity index (χ3n) is 14.8. The molecule has 24 heteroatoms. The van der Waals surface area contributed by atoms with Crippen molar-refractivity contribution in [3.05, 3.63) is 97.6 Å². The van der Waals surface area contributed by atoms with Crippen LogP contribution in [0.4, 0.5) is 10.1 Å². The summed E-state index contributed by atoms with van der Waals surface area (Å²) in [6, 6.07) is 0. The number of aromatic nitrogens is 5. The Morgan fingerprint density at radius 1 is 0.899 bits per heavy atom. The van der Waals surface area contributed by atoms with Gasteiger partial charge in [-0.2, -0.15) is 4.39 Å². The fourth-order valence-electron chi connectivity index (χ4n) is 9.68. The number of phenolic OH excluding ortho intramolecular Hbond substituents is 3. The first-order valence-electron chi connectivity index (χ1n) is 26.2. The summed E-state index contributed by atoms with van der Waals surface area (Å²) >= 11 is 0. The molecule has 432 valence electrons. The van der Waals surface area contributed by atoms with E-state index >= 15 is 0 Å². The molecule has 9 atom stereocenters. The van der Waals surface area contributed by atoms with Crippen LogP contribution < -0.4 is 26.6 Å². The number of amides is 1. The van der Waals surface area contributed by atoms with E-state index in [1.54, 1.807) is 32.2 Å². The van der Waals surface area contributed by atoms with Crippen molar-refractivity contribution >= 4 is 34.1 Å². The monoisotopic (exact) mass is 1110 g/mol. The van der Waals surface area contributed by atoms with Gasteiger partial charge in [0.05, 0.1) is 86.2 Å². The number of methoxy groups -OCH3 is 1. The van der Waals surface area contributed by atoms with Gasteiger partial charge in [0.2, 0.25) is 5.82 Å². The van der Waals surface area contributed by atoms with Crippen molar-refractivity contribution in [1.82, 2.24) is 29.9 Å². The average Bonchev–Trinajstić information content (AvgIpc) is 4.06. The summed E-state index contributed by atoms with van der Waals surface area (Å²) < 4.78 is 57.0. The first kappa shape index (κ1) is 61.3. The lowest BCUT2D eigenvalue weighted by molar-refractivity contribution is -0.159. The van der Waals surface area contributed by atoms with Gasteiger partial charge in [-0.25, -0.2) is 9.48 Å². The second-order valence-corrected chi connectivity index (χ2v) is 20.3. The number of benzene rings is 2. The van der Waals surface area contributed by atoms with E-state index in [2.05, 4.69) is 20.9 Å². The number of carbonyl (C=O) groups is 3. The summed E-state index contributed by atoms with van der Waals surface area (Å²) in [5.41, 5.74) is -1.30. The number of phenols is 3. The third kappa shape index (κ3) is 14.5. The van der Waals surface area contributed by atoms with Gasteiger partial charge in [-0.15, -0.1) is 5.10 Å². The Kier molecular flexibility index (Phi) is 21.1. The van der Waals surface area contributed by atoms with Crippen LogP contribution >= 0.6 is 0 Å². The van der Waals surface area contributed by atoms with E-state index in [1.807, 2.05) is 38.8 Å². The minimum absolute atomic E-state index is 0.0174. The number of carbonyl (C=O) groups excluding carboxylic acids is 3. The number of aromatic hydroxyl groups is 3. The minimum Gasteiger partial charge on any atom is -0.507 e. The summed E-state index contributed by atoms with van der Waals surface area (Å²) in [6.07, 6.45) is 8.90. The fourth-order valence-corrected chi connectivity index (χ4v) is 9.68. The van der Waals surface area contributed by atoms with Crippen LogP contribution in [0, 0.1) is 42.3 Å². The Morgan fingerprint density at radius 3 is 2.29 bits per heavy atom. The SMILES string of the molecule is CO[C@H]1/C=C/O[C@@]2(C)Oc3c(C)c(O)c4c(O)c(c(CNCCOCCOCCOCn5cc(CCCn6cc(F)c(=O)[nH]c6=O)nn5)c(O)c4c3C2=O)NC(=O)/C(C)=C\C=C\[C@H](C)[C@H](C)[C@@H](C)[C@@H](O)[C@@H](C)[C@H](OC(C)=O)[C@@H]1C. The second-order valence-electron chi connectivity index (χ2n) is 20.3. The van der Waals surface area contributed by atoms with Gasteiger partial charge in [0, 0.05) is 74.5 Å². The number of hydrogen-bond donors (Lipinski definition) is 7. The highest BCUT2D eigenvalue weighted by atomic mass is 19.1. The van der Waals surface area contributed by atoms with Crippen LogP contribution in [0.15, 0.2) is 58.1 Å². The van der Waals surface area contributed by atoms with Gasteiger partial charge < -0.3 is 64.2 Å². The molecule has 0 unspecified atom stereocenters. The molecule has 0 fully saturated rings. The molecule has 3 aliphatic heterocycles. The lowest BCUT2D eigenvalue weighted by Crippen LogP contribution is -2.45. The van der Waals surface area contributed by atoms with Gasteiger partial charge in [0.1, 0.15) is 30.1 Å². The highest BCUT2D eigenvalue weighted by molar-refractivity contribution is 6.22. The van der Waals surface area contributed by atoms with E-state index in [0.717, 1.165) is 10.8 Å². The Balaban J connectivity index is 1.13. The van der Waals surface area contributed by atoms with Crippen LogP contribution in [0.1, 0.15) is 89.0 Å². The van der Waals surface area contributed by atoms with E-state index < -0.39 is 87.9 Å². The molecule has 3 aliphatic rings. The van der Waals surface area contributed by atoms with Gasteiger partial charge in [0.25, 0.3) is 17.2 Å². The molecular formula is C55H74FN7O16. The Morgan fingerprint density at radius 2 is 1.59 bits per heavy atom. The number of anilines is 1. The van der Waals surface area contributed by atoms with E-state index in [1.165, 1.54) is 44.9 Å². The second kappa shape index (κ2) is 27.3. The number of aryl methyl sites for hydroxylation is 2. The number of rotatable bonds is 19. The third-order valence-corrected chi connectivity index (χ3v) is 14.8. The predicted octanol–water partition coefficient (Wildman–Crippen LogP) is 5.04. The Hall–Kier alpha value is -6.96. The fraction of sp³-hybridized carbons (Fsp3) is 0.545. The maximum absolute atomic E-state index is 14.6. The summed E-state index contributed by atoms with van der Waals surface area (Å²) in [5, 5.41) is 61.1. The van der Waals surface area contributed by atoms with E-state index in [4.69, 9.17) is 33.2 Å². The number of aromatic amines is 1. The number of aliphatic hydroxyl groups excluding tert-OH is 1. The molecule has 0 radical (unpaired) electrons. The molecule has 7 rings (SSSR count). The topological polar surface area (TPSA) is 306 Å². The number of ketones is 1. The van der Waals surface area contributed by atoms with Crippen LogP contribution in [0.5, 0.6) is 23.0 Å². The van der Waals surface area contributed by atoms with Gasteiger partial charge in [-0.05, 0) is 50.5 Å². The molecule has 4 aromatic rings. The van der Waals surface area contributed by atoms with Crippen molar-refractivity contribution in [2.75, 3.05) is 52.0 Å². The van der Waals surface area contributed by atoms with Crippen molar-refractivity contribution in [3.8, 4) is 23.0 Å². The number of nitrogens with zero attached hydrogens (tertiary/aromatic N) is 4. The normalized spacial score (nSPS) is 25.4. The van der Waals surface area contributed by atoms with E-state index in [0.29, 0.717) is 18.5 Å². The molecule has 0 saturated carbocycles. The molecule has 23 nitrogen and oxygen atoms in total. The summed E-state index contributed by atoms with van der Waals surface area (Å²) in [4.78, 5) is 66.0. The summed E-state index contributed by atoms with van der Waals surface area (Å²) in [7, 11) is 1.46. The molecule has 2 aromatic heterocycles. The molecule has 79 heavy (non-hydrogen) atoms. The van der Waals surface area contributed by atoms with Crippen LogP contribution in [0.25, 0.3) is 10.8 Å². The number of hydrogen-bond acceptors (Lipinski definition) is 19. The minimum atomic E-state index is -2.06. The number of esters is 1. The van der Waals surface area contributed by atoms with Crippen molar-refractivity contribution in [3.63, 3.8) is 0 Å². The maximum Gasteiger partial charge on any atom is 0.328 e. The zero-order valence-electron chi connectivity index (χ0n) is 46.3. The average molecular weight is 1110 g/mol. The highest BCUT2D eigenvalue weighted by Crippen LogP contribution is 2.55. The number of halogens is 1. The predicted molar refractivity (Wildman–Crippen MR) is 286 cm³/mol. The van der Waals surface area contributed by atoms with Gasteiger partial charge in [0.15, 0.2) is 5.75 Å². The number of nitrogens with one attached hydrogen (secondary N) is 3. The van der Waals surface area contributed by atoms with Crippen molar-refractivity contribution in [2.45, 2.75) is 119 Å². The zero-order valence-corrected chi connectivity index (χ0v) is 46.3. The van der Waals surface area contributed by atoms with Gasteiger partial charge in [-0.3, -0.25) is 28.7 Å². The first-order valence-corrected chi connectivity index (χ1v) is 26.2. The molecule has 7 N–H and O–H groups in total. The Bertz CT molecular complexity index is 3040.